The molecule has 0 atom stereocenters. The molecule has 9 heteroatoms. The zero-order chi connectivity index (χ0) is 20.0. The van der Waals surface area contributed by atoms with Crippen molar-refractivity contribution in [1.82, 2.24) is 9.97 Å². The Morgan fingerprint density at radius 1 is 0.926 bits per heavy atom. The zero-order valence-corrected chi connectivity index (χ0v) is 16.2. The van der Waals surface area contributed by atoms with Gasteiger partial charge in [-0.15, -0.1) is 0 Å². The fourth-order valence-electron chi connectivity index (χ4n) is 2.26. The van der Waals surface area contributed by atoms with Crippen LogP contribution in [-0.2, 0) is 14.3 Å². The average molecular weight is 389 g/mol. The number of nitrogens with one attached hydrogen (secondary N) is 1. The Morgan fingerprint density at radius 2 is 1.44 bits per heavy atom. The number of esters is 2. The molecular weight excluding hydrogens is 370 g/mol. The summed E-state index contributed by atoms with van der Waals surface area (Å²) in [5, 5.41) is 3.15. The maximum atomic E-state index is 12.2. The number of methoxy groups -OCH3 is 2. The van der Waals surface area contributed by atoms with Gasteiger partial charge in [0, 0.05) is 17.1 Å². The van der Waals surface area contributed by atoms with Crippen LogP contribution in [0.1, 0.15) is 32.1 Å². The van der Waals surface area contributed by atoms with E-state index in [1.807, 2.05) is 19.9 Å². The Morgan fingerprint density at radius 3 is 1.93 bits per heavy atom. The van der Waals surface area contributed by atoms with Crippen LogP contribution in [0.15, 0.2) is 29.4 Å². The molecule has 0 aliphatic carbocycles. The number of hydrogen-bond acceptors (Lipinski definition) is 8. The summed E-state index contributed by atoms with van der Waals surface area (Å²) in [6.45, 7) is 3.71. The van der Waals surface area contributed by atoms with Gasteiger partial charge in [-0.1, -0.05) is 11.8 Å². The third kappa shape index (κ3) is 5.78. The fraction of sp³-hybridized carbons (Fsp3) is 0.278. The number of carbonyl (C=O) groups is 3. The van der Waals surface area contributed by atoms with E-state index in [-0.39, 0.29) is 28.5 Å². The van der Waals surface area contributed by atoms with Crippen LogP contribution in [0.3, 0.4) is 0 Å². The number of aromatic nitrogens is 2. The summed E-state index contributed by atoms with van der Waals surface area (Å²) in [6.07, 6.45) is 0. The monoisotopic (exact) mass is 389 g/mol. The van der Waals surface area contributed by atoms with Crippen LogP contribution in [0.5, 0.6) is 0 Å². The molecule has 0 saturated carbocycles. The highest BCUT2D eigenvalue weighted by atomic mass is 32.2. The molecular formula is C18H19N3O5S. The lowest BCUT2D eigenvalue weighted by atomic mass is 10.1. The van der Waals surface area contributed by atoms with Gasteiger partial charge in [0.15, 0.2) is 5.16 Å². The molecule has 1 amide bonds. The molecule has 0 spiro atoms. The van der Waals surface area contributed by atoms with Gasteiger partial charge in [-0.05, 0) is 38.1 Å². The van der Waals surface area contributed by atoms with Crippen molar-refractivity contribution in [1.29, 1.82) is 0 Å². The third-order valence-corrected chi connectivity index (χ3v) is 4.20. The van der Waals surface area contributed by atoms with Crippen molar-refractivity contribution in [3.05, 3.63) is 46.8 Å². The largest absolute Gasteiger partial charge is 0.465 e. The van der Waals surface area contributed by atoms with Gasteiger partial charge in [0.25, 0.3) is 0 Å². The smallest absolute Gasteiger partial charge is 0.337 e. The van der Waals surface area contributed by atoms with E-state index >= 15 is 0 Å². The quantitative estimate of drug-likeness (QED) is 0.456. The first-order valence-electron chi connectivity index (χ1n) is 7.89. The van der Waals surface area contributed by atoms with Crippen LogP contribution < -0.4 is 5.32 Å². The van der Waals surface area contributed by atoms with Gasteiger partial charge in [0.2, 0.25) is 5.91 Å². The molecule has 1 N–H and O–H groups in total. The number of hydrogen-bond donors (Lipinski definition) is 1. The summed E-state index contributed by atoms with van der Waals surface area (Å²) in [5.41, 5.74) is 2.17. The molecule has 0 fully saturated rings. The Kier molecular flexibility index (Phi) is 6.89. The summed E-state index contributed by atoms with van der Waals surface area (Å²) in [5.74, 6) is -1.53. The third-order valence-electron chi connectivity index (χ3n) is 3.35. The molecule has 1 heterocycles. The number of amides is 1. The van der Waals surface area contributed by atoms with Crippen molar-refractivity contribution >= 4 is 35.3 Å². The van der Waals surface area contributed by atoms with Gasteiger partial charge in [0.05, 0.1) is 31.1 Å². The molecule has 2 aromatic rings. The standard InChI is InChI=1S/C18H19N3O5S/c1-10-5-11(2)20-18(19-10)27-9-15(22)21-14-7-12(16(23)25-3)6-13(8-14)17(24)26-4/h5-8H,9H2,1-4H3,(H,21,22). The summed E-state index contributed by atoms with van der Waals surface area (Å²) in [6, 6.07) is 6.03. The van der Waals surface area contributed by atoms with Gasteiger partial charge in [-0.3, -0.25) is 4.79 Å². The minimum absolute atomic E-state index is 0.0684. The number of anilines is 1. The molecule has 142 valence electrons. The van der Waals surface area contributed by atoms with E-state index < -0.39 is 11.9 Å². The summed E-state index contributed by atoms with van der Waals surface area (Å²) >= 11 is 1.19. The molecule has 2 rings (SSSR count). The number of ether oxygens (including phenoxy) is 2. The highest BCUT2D eigenvalue weighted by molar-refractivity contribution is 7.99. The summed E-state index contributed by atoms with van der Waals surface area (Å²) in [7, 11) is 2.46. The molecule has 0 aliphatic rings. The number of carbonyl (C=O) groups excluding carboxylic acids is 3. The minimum atomic E-state index is -0.630. The molecule has 0 bridgehead atoms. The maximum Gasteiger partial charge on any atom is 0.337 e. The van der Waals surface area contributed by atoms with Crippen molar-refractivity contribution in [3.8, 4) is 0 Å². The van der Waals surface area contributed by atoms with Crippen LogP contribution in [0.25, 0.3) is 0 Å². The fourth-order valence-corrected chi connectivity index (χ4v) is 3.01. The first kappa shape index (κ1) is 20.4. The lowest BCUT2D eigenvalue weighted by Gasteiger charge is -2.09. The van der Waals surface area contributed by atoms with Crippen LogP contribution in [0, 0.1) is 13.8 Å². The maximum absolute atomic E-state index is 12.2. The van der Waals surface area contributed by atoms with E-state index in [0.29, 0.717) is 5.16 Å². The molecule has 1 aromatic heterocycles. The Hall–Kier alpha value is -2.94. The lowest BCUT2D eigenvalue weighted by Crippen LogP contribution is -2.16. The highest BCUT2D eigenvalue weighted by Gasteiger charge is 2.15. The lowest BCUT2D eigenvalue weighted by molar-refractivity contribution is -0.113. The van der Waals surface area contributed by atoms with Crippen molar-refractivity contribution in [3.63, 3.8) is 0 Å². The highest BCUT2D eigenvalue weighted by Crippen LogP contribution is 2.19. The van der Waals surface area contributed by atoms with E-state index in [9.17, 15) is 14.4 Å². The van der Waals surface area contributed by atoms with Gasteiger partial charge in [-0.2, -0.15) is 0 Å². The second-order valence-electron chi connectivity index (χ2n) is 5.55. The Labute approximate surface area is 160 Å². The van der Waals surface area contributed by atoms with Crippen LogP contribution in [-0.4, -0.2) is 47.8 Å². The molecule has 1 aromatic carbocycles. The van der Waals surface area contributed by atoms with Crippen molar-refractivity contribution in [2.75, 3.05) is 25.3 Å². The number of thioether (sulfide) groups is 1. The minimum Gasteiger partial charge on any atom is -0.465 e. The average Bonchev–Trinajstić information content (AvgIpc) is 2.64. The van der Waals surface area contributed by atoms with E-state index in [4.69, 9.17) is 0 Å². The van der Waals surface area contributed by atoms with E-state index in [0.717, 1.165) is 11.4 Å². The molecule has 0 radical (unpaired) electrons. The van der Waals surface area contributed by atoms with Crippen molar-refractivity contribution in [2.45, 2.75) is 19.0 Å². The Bertz CT molecular complexity index is 831. The van der Waals surface area contributed by atoms with Crippen molar-refractivity contribution < 1.29 is 23.9 Å². The van der Waals surface area contributed by atoms with E-state index in [1.165, 1.54) is 44.2 Å². The van der Waals surface area contributed by atoms with Crippen molar-refractivity contribution in [2.24, 2.45) is 0 Å². The number of rotatable bonds is 6. The predicted molar refractivity (Wildman–Crippen MR) is 100.0 cm³/mol. The number of nitrogens with zero attached hydrogens (tertiary/aromatic N) is 2. The van der Waals surface area contributed by atoms with Gasteiger partial charge in [-0.25, -0.2) is 19.6 Å². The zero-order valence-electron chi connectivity index (χ0n) is 15.4. The van der Waals surface area contributed by atoms with Gasteiger partial charge < -0.3 is 14.8 Å². The van der Waals surface area contributed by atoms with Crippen LogP contribution >= 0.6 is 11.8 Å². The van der Waals surface area contributed by atoms with Crippen LogP contribution in [0.2, 0.25) is 0 Å². The van der Waals surface area contributed by atoms with E-state index in [1.54, 1.807) is 0 Å². The second-order valence-corrected chi connectivity index (χ2v) is 6.49. The van der Waals surface area contributed by atoms with Gasteiger partial charge >= 0.3 is 11.9 Å². The molecule has 0 aliphatic heterocycles. The SMILES string of the molecule is COC(=O)c1cc(NC(=O)CSc2nc(C)cc(C)n2)cc(C(=O)OC)c1. The predicted octanol–water partition coefficient (Wildman–Crippen LogP) is 2.40. The summed E-state index contributed by atoms with van der Waals surface area (Å²) in [4.78, 5) is 44.3. The van der Waals surface area contributed by atoms with E-state index in [2.05, 4.69) is 24.8 Å². The van der Waals surface area contributed by atoms with Crippen LogP contribution in [0.4, 0.5) is 5.69 Å². The Balaban J connectivity index is 2.13. The summed E-state index contributed by atoms with van der Waals surface area (Å²) < 4.78 is 9.34. The molecule has 8 nitrogen and oxygen atoms in total. The molecule has 0 unspecified atom stereocenters. The molecule has 27 heavy (non-hydrogen) atoms. The number of benzene rings is 1. The first-order chi connectivity index (χ1) is 12.8. The van der Waals surface area contributed by atoms with Gasteiger partial charge in [0.1, 0.15) is 0 Å². The normalized spacial score (nSPS) is 10.2. The second kappa shape index (κ2) is 9.13. The molecule has 0 saturated heterocycles. The topological polar surface area (TPSA) is 107 Å². The number of aryl methyl sites for hydroxylation is 2. The first-order valence-corrected chi connectivity index (χ1v) is 8.87.